The molecule has 5 heteroatoms. The van der Waals surface area contributed by atoms with Gasteiger partial charge in [0, 0.05) is 24.1 Å². The summed E-state index contributed by atoms with van der Waals surface area (Å²) in [6, 6.07) is 12.6. The second kappa shape index (κ2) is 8.53. The number of rotatable bonds is 7. The molecule has 0 spiro atoms. The zero-order valence-electron chi connectivity index (χ0n) is 19.8. The maximum atomic E-state index is 12.6. The molecule has 2 aliphatic rings. The summed E-state index contributed by atoms with van der Waals surface area (Å²) in [6.45, 7) is 12.5. The van der Waals surface area contributed by atoms with E-state index in [1.807, 2.05) is 25.1 Å². The van der Waals surface area contributed by atoms with Gasteiger partial charge < -0.3 is 19.7 Å². The quantitative estimate of drug-likeness (QED) is 0.650. The van der Waals surface area contributed by atoms with Crippen molar-refractivity contribution in [2.75, 3.05) is 24.7 Å². The molecule has 1 amide bonds. The number of benzene rings is 2. The van der Waals surface area contributed by atoms with Crippen LogP contribution in [0.25, 0.3) is 6.08 Å². The minimum atomic E-state index is -0.623. The summed E-state index contributed by atoms with van der Waals surface area (Å²) in [6.07, 6.45) is 5.68. The molecule has 1 atom stereocenters. The molecule has 170 valence electrons. The zero-order valence-corrected chi connectivity index (χ0v) is 19.8. The zero-order chi connectivity index (χ0) is 22.9. The standard InChI is InChI=1S/C27H34N2O3/c1-6-16-32-23-11-9-20(18-24(23)31-7-2)12-14-27-26(4,5)21-17-19(3)8-10-22(21)29(27)15-13-25(30)28-27/h8-12,14,17-18H,6-7,13,15-16H2,1-5H3,(H,28,30)/b14-12+. The number of nitrogens with zero attached hydrogens (tertiary/aromatic N) is 1. The van der Waals surface area contributed by atoms with Crippen molar-refractivity contribution in [2.45, 2.75) is 58.5 Å². The van der Waals surface area contributed by atoms with Crippen LogP contribution in [0.2, 0.25) is 0 Å². The molecule has 1 saturated heterocycles. The monoisotopic (exact) mass is 434 g/mol. The van der Waals surface area contributed by atoms with Crippen LogP contribution >= 0.6 is 0 Å². The number of aryl methyl sites for hydroxylation is 1. The van der Waals surface area contributed by atoms with Crippen molar-refractivity contribution >= 4 is 17.7 Å². The molecular weight excluding hydrogens is 400 g/mol. The lowest BCUT2D eigenvalue weighted by Crippen LogP contribution is -2.68. The van der Waals surface area contributed by atoms with Crippen LogP contribution in [0.3, 0.4) is 0 Å². The summed E-state index contributed by atoms with van der Waals surface area (Å²) >= 11 is 0. The molecule has 32 heavy (non-hydrogen) atoms. The van der Waals surface area contributed by atoms with Crippen LogP contribution in [0.1, 0.15) is 57.2 Å². The van der Waals surface area contributed by atoms with Crippen molar-refractivity contribution in [1.29, 1.82) is 0 Å². The van der Waals surface area contributed by atoms with E-state index in [9.17, 15) is 4.79 Å². The van der Waals surface area contributed by atoms with Crippen molar-refractivity contribution in [3.05, 3.63) is 59.2 Å². The van der Waals surface area contributed by atoms with Crippen LogP contribution in [-0.2, 0) is 10.2 Å². The summed E-state index contributed by atoms with van der Waals surface area (Å²) in [4.78, 5) is 15.0. The van der Waals surface area contributed by atoms with Gasteiger partial charge in [-0.15, -0.1) is 0 Å². The topological polar surface area (TPSA) is 50.8 Å². The van der Waals surface area contributed by atoms with Crippen LogP contribution in [0.15, 0.2) is 42.5 Å². The number of carbonyl (C=O) groups is 1. The van der Waals surface area contributed by atoms with Crippen molar-refractivity contribution < 1.29 is 14.3 Å². The average molecular weight is 435 g/mol. The highest BCUT2D eigenvalue weighted by molar-refractivity contribution is 5.84. The Labute approximate surface area is 191 Å². The number of ether oxygens (including phenoxy) is 2. The van der Waals surface area contributed by atoms with E-state index in [2.05, 4.69) is 68.3 Å². The number of hydrogen-bond donors (Lipinski definition) is 1. The summed E-state index contributed by atoms with van der Waals surface area (Å²) in [5.74, 6) is 1.59. The Morgan fingerprint density at radius 2 is 1.91 bits per heavy atom. The maximum Gasteiger partial charge on any atom is 0.223 e. The van der Waals surface area contributed by atoms with Crippen LogP contribution in [0.5, 0.6) is 11.5 Å². The fraction of sp³-hybridized carbons (Fsp3) is 0.444. The van der Waals surface area contributed by atoms with Crippen molar-refractivity contribution in [2.24, 2.45) is 0 Å². The van der Waals surface area contributed by atoms with Gasteiger partial charge in [-0.3, -0.25) is 4.79 Å². The number of anilines is 1. The third kappa shape index (κ3) is 3.64. The smallest absolute Gasteiger partial charge is 0.223 e. The van der Waals surface area contributed by atoms with E-state index in [1.165, 1.54) is 16.8 Å². The van der Waals surface area contributed by atoms with E-state index in [-0.39, 0.29) is 11.3 Å². The maximum absolute atomic E-state index is 12.6. The molecule has 2 aromatic carbocycles. The van der Waals surface area contributed by atoms with Gasteiger partial charge in [-0.25, -0.2) is 0 Å². The lowest BCUT2D eigenvalue weighted by atomic mass is 9.74. The average Bonchev–Trinajstić information content (AvgIpc) is 2.95. The number of amides is 1. The van der Waals surface area contributed by atoms with E-state index in [0.29, 0.717) is 26.2 Å². The fourth-order valence-corrected chi connectivity index (χ4v) is 4.91. The number of hydrogen-bond acceptors (Lipinski definition) is 4. The van der Waals surface area contributed by atoms with Crippen LogP contribution < -0.4 is 19.7 Å². The highest BCUT2D eigenvalue weighted by Crippen LogP contribution is 2.52. The van der Waals surface area contributed by atoms with E-state index in [0.717, 1.165) is 23.5 Å². The molecule has 1 N–H and O–H groups in total. The van der Waals surface area contributed by atoms with Crippen molar-refractivity contribution in [3.63, 3.8) is 0 Å². The number of nitrogens with one attached hydrogen (secondary N) is 1. The van der Waals surface area contributed by atoms with Crippen LogP contribution in [-0.4, -0.2) is 31.3 Å². The van der Waals surface area contributed by atoms with Gasteiger partial charge in [0.15, 0.2) is 11.5 Å². The SMILES string of the molecule is CCCOc1ccc(/C=C/C23NC(=O)CCN2c2ccc(C)cc2C3(C)C)cc1OCC. The van der Waals surface area contributed by atoms with Crippen molar-refractivity contribution in [3.8, 4) is 11.5 Å². The van der Waals surface area contributed by atoms with E-state index in [1.54, 1.807) is 0 Å². The lowest BCUT2D eigenvalue weighted by molar-refractivity contribution is -0.124. The Morgan fingerprint density at radius 3 is 2.66 bits per heavy atom. The van der Waals surface area contributed by atoms with Gasteiger partial charge in [-0.05, 0) is 55.7 Å². The predicted octanol–water partition coefficient (Wildman–Crippen LogP) is 5.21. The highest BCUT2D eigenvalue weighted by Gasteiger charge is 2.57. The third-order valence-corrected chi connectivity index (χ3v) is 6.63. The number of fused-ring (bicyclic) bond motifs is 3. The van der Waals surface area contributed by atoms with Crippen molar-refractivity contribution in [1.82, 2.24) is 5.32 Å². The molecule has 1 fully saturated rings. The van der Waals surface area contributed by atoms with Gasteiger partial charge in [0.25, 0.3) is 0 Å². The van der Waals surface area contributed by atoms with E-state index < -0.39 is 5.66 Å². The van der Waals surface area contributed by atoms with Gasteiger partial charge in [0.1, 0.15) is 5.66 Å². The molecule has 5 nitrogen and oxygen atoms in total. The first-order valence-corrected chi connectivity index (χ1v) is 11.6. The Hall–Kier alpha value is -2.95. The summed E-state index contributed by atoms with van der Waals surface area (Å²) in [5, 5.41) is 3.34. The Bertz CT molecular complexity index is 1040. The van der Waals surface area contributed by atoms with E-state index >= 15 is 0 Å². The molecule has 0 radical (unpaired) electrons. The number of carbonyl (C=O) groups excluding carboxylic acids is 1. The molecule has 0 bridgehead atoms. The van der Waals surface area contributed by atoms with Gasteiger partial charge in [-0.2, -0.15) is 0 Å². The molecule has 0 aromatic heterocycles. The molecule has 0 saturated carbocycles. The van der Waals surface area contributed by atoms with Crippen LogP contribution in [0.4, 0.5) is 5.69 Å². The third-order valence-electron chi connectivity index (χ3n) is 6.63. The molecule has 2 heterocycles. The summed E-state index contributed by atoms with van der Waals surface area (Å²) in [7, 11) is 0. The highest BCUT2D eigenvalue weighted by atomic mass is 16.5. The Balaban J connectivity index is 1.74. The molecule has 4 rings (SSSR count). The lowest BCUT2D eigenvalue weighted by Gasteiger charge is -2.49. The minimum absolute atomic E-state index is 0.0850. The molecular formula is C27H34N2O3. The van der Waals surface area contributed by atoms with E-state index in [4.69, 9.17) is 9.47 Å². The fourth-order valence-electron chi connectivity index (χ4n) is 4.91. The molecule has 2 aliphatic heterocycles. The predicted molar refractivity (Wildman–Crippen MR) is 129 cm³/mol. The summed E-state index contributed by atoms with van der Waals surface area (Å²) in [5.41, 5.74) is 3.78. The van der Waals surface area contributed by atoms with Gasteiger partial charge >= 0.3 is 0 Å². The Morgan fingerprint density at radius 1 is 1.09 bits per heavy atom. The molecule has 0 aliphatic carbocycles. The first-order chi connectivity index (χ1) is 15.3. The second-order valence-electron chi connectivity index (χ2n) is 9.18. The van der Waals surface area contributed by atoms with Gasteiger partial charge in [-0.1, -0.05) is 50.6 Å². The summed E-state index contributed by atoms with van der Waals surface area (Å²) < 4.78 is 11.7. The molecule has 2 aromatic rings. The molecule has 1 unspecified atom stereocenters. The first kappa shape index (κ1) is 22.3. The largest absolute Gasteiger partial charge is 0.490 e. The minimum Gasteiger partial charge on any atom is -0.490 e. The van der Waals surface area contributed by atoms with Crippen LogP contribution in [0, 0.1) is 6.92 Å². The normalized spacial score (nSPS) is 21.3. The van der Waals surface area contributed by atoms with Gasteiger partial charge in [0.05, 0.1) is 13.2 Å². The van der Waals surface area contributed by atoms with Gasteiger partial charge in [0.2, 0.25) is 5.91 Å². The Kier molecular flexibility index (Phi) is 5.93. The first-order valence-electron chi connectivity index (χ1n) is 11.6. The second-order valence-corrected chi connectivity index (χ2v) is 9.18.